The molecule has 188 valence electrons. The summed E-state index contributed by atoms with van der Waals surface area (Å²) >= 11 is 0. The smallest absolute Gasteiger partial charge is 0.338 e. The number of ether oxygens (including phenoxy) is 1. The van der Waals surface area contributed by atoms with Crippen molar-refractivity contribution in [3.05, 3.63) is 96.1 Å². The number of para-hydroxylation sites is 1. The average Bonchev–Trinajstić information content (AvgIpc) is 3.11. The fourth-order valence-electron chi connectivity index (χ4n) is 5.98. The number of nitrogens with zero attached hydrogens (tertiary/aromatic N) is 2. The van der Waals surface area contributed by atoms with E-state index >= 15 is 0 Å². The molecular formula is C32H38N2O2. The van der Waals surface area contributed by atoms with Crippen LogP contribution in [0.2, 0.25) is 0 Å². The molecule has 2 heterocycles. The van der Waals surface area contributed by atoms with Gasteiger partial charge in [-0.25, -0.2) is 4.79 Å². The first-order valence-electron chi connectivity index (χ1n) is 13.3. The Morgan fingerprint density at radius 3 is 1.97 bits per heavy atom. The van der Waals surface area contributed by atoms with Crippen LogP contribution >= 0.6 is 0 Å². The number of rotatable bonds is 7. The lowest BCUT2D eigenvalue weighted by atomic mass is 9.94. The van der Waals surface area contributed by atoms with Gasteiger partial charge in [0.15, 0.2) is 0 Å². The van der Waals surface area contributed by atoms with E-state index < -0.39 is 5.60 Å². The molecular weight excluding hydrogens is 444 g/mol. The number of benzene rings is 3. The molecule has 4 nitrogen and oxygen atoms in total. The van der Waals surface area contributed by atoms with E-state index in [2.05, 4.69) is 82.6 Å². The zero-order valence-electron chi connectivity index (χ0n) is 21.8. The third-order valence-corrected chi connectivity index (χ3v) is 7.54. The van der Waals surface area contributed by atoms with E-state index in [-0.39, 0.29) is 5.97 Å². The number of hydrogen-bond acceptors (Lipinski definition) is 4. The Labute approximate surface area is 215 Å². The Kier molecular flexibility index (Phi) is 7.15. The Morgan fingerprint density at radius 1 is 0.833 bits per heavy atom. The fourth-order valence-corrected chi connectivity index (χ4v) is 5.98. The SMILES string of the molecule is CC(C)(C)OC(=O)c1ccc(N(c2ccccc2)[C@H]2C[C@H]3CC[C@@H](C2)N3CCc2ccccc2)cc1. The van der Waals surface area contributed by atoms with Gasteiger partial charge in [0.05, 0.1) is 5.56 Å². The molecule has 2 aliphatic rings. The Balaban J connectivity index is 1.34. The van der Waals surface area contributed by atoms with Crippen LogP contribution in [0.25, 0.3) is 0 Å². The minimum Gasteiger partial charge on any atom is -0.456 e. The van der Waals surface area contributed by atoms with Gasteiger partial charge in [-0.15, -0.1) is 0 Å². The zero-order chi connectivity index (χ0) is 25.1. The molecule has 2 aliphatic heterocycles. The molecule has 0 radical (unpaired) electrons. The molecule has 0 aromatic heterocycles. The first kappa shape index (κ1) is 24.6. The number of hydrogen-bond donors (Lipinski definition) is 0. The Hall–Kier alpha value is -3.11. The summed E-state index contributed by atoms with van der Waals surface area (Å²) in [5.74, 6) is -0.273. The van der Waals surface area contributed by atoms with Gasteiger partial charge in [0.25, 0.3) is 0 Å². The van der Waals surface area contributed by atoms with Crippen molar-refractivity contribution in [1.29, 1.82) is 0 Å². The third kappa shape index (κ3) is 5.65. The van der Waals surface area contributed by atoms with Crippen molar-refractivity contribution in [2.75, 3.05) is 11.4 Å². The highest BCUT2D eigenvalue weighted by molar-refractivity contribution is 5.90. The van der Waals surface area contributed by atoms with Crippen molar-refractivity contribution >= 4 is 17.3 Å². The lowest BCUT2D eigenvalue weighted by molar-refractivity contribution is 0.00695. The predicted octanol–water partition coefficient (Wildman–Crippen LogP) is 7.02. The highest BCUT2D eigenvalue weighted by atomic mass is 16.6. The van der Waals surface area contributed by atoms with E-state index in [1.807, 2.05) is 32.9 Å². The minimum absolute atomic E-state index is 0.273. The van der Waals surface area contributed by atoms with E-state index in [4.69, 9.17) is 4.74 Å². The summed E-state index contributed by atoms with van der Waals surface area (Å²) < 4.78 is 5.57. The number of fused-ring (bicyclic) bond motifs is 2. The van der Waals surface area contributed by atoms with Crippen LogP contribution in [0.5, 0.6) is 0 Å². The predicted molar refractivity (Wildman–Crippen MR) is 147 cm³/mol. The second-order valence-corrected chi connectivity index (χ2v) is 11.2. The molecule has 5 rings (SSSR count). The first-order chi connectivity index (χ1) is 17.4. The van der Waals surface area contributed by atoms with E-state index in [0.29, 0.717) is 23.7 Å². The van der Waals surface area contributed by atoms with Crippen LogP contribution in [0.4, 0.5) is 11.4 Å². The number of carbonyl (C=O) groups is 1. The maximum absolute atomic E-state index is 12.6. The molecule has 0 spiro atoms. The molecule has 36 heavy (non-hydrogen) atoms. The van der Waals surface area contributed by atoms with Crippen LogP contribution in [0.3, 0.4) is 0 Å². The van der Waals surface area contributed by atoms with Gasteiger partial charge in [-0.05, 0) is 94.8 Å². The number of piperidine rings is 1. The summed E-state index contributed by atoms with van der Waals surface area (Å²) in [4.78, 5) is 17.8. The van der Waals surface area contributed by atoms with Crippen molar-refractivity contribution in [2.45, 2.75) is 76.6 Å². The van der Waals surface area contributed by atoms with Crippen LogP contribution < -0.4 is 4.90 Å². The average molecular weight is 483 g/mol. The van der Waals surface area contributed by atoms with Gasteiger partial charge in [-0.3, -0.25) is 4.90 Å². The molecule has 3 atom stereocenters. The molecule has 4 heteroatoms. The second-order valence-electron chi connectivity index (χ2n) is 11.2. The summed E-state index contributed by atoms with van der Waals surface area (Å²) in [6.45, 7) is 6.84. The van der Waals surface area contributed by atoms with Crippen LogP contribution in [-0.4, -0.2) is 41.1 Å². The monoisotopic (exact) mass is 482 g/mol. The highest BCUT2D eigenvalue weighted by Crippen LogP contribution is 2.41. The lowest BCUT2D eigenvalue weighted by Gasteiger charge is -2.44. The molecule has 3 aromatic carbocycles. The van der Waals surface area contributed by atoms with Gasteiger partial charge >= 0.3 is 5.97 Å². The second kappa shape index (κ2) is 10.5. The van der Waals surface area contributed by atoms with E-state index in [0.717, 1.165) is 31.5 Å². The van der Waals surface area contributed by atoms with E-state index in [1.165, 1.54) is 24.1 Å². The summed E-state index contributed by atoms with van der Waals surface area (Å²) in [7, 11) is 0. The van der Waals surface area contributed by atoms with Gasteiger partial charge in [-0.2, -0.15) is 0 Å². The molecule has 0 unspecified atom stereocenters. The van der Waals surface area contributed by atoms with Crippen LogP contribution in [0.15, 0.2) is 84.9 Å². The fraction of sp³-hybridized carbons (Fsp3) is 0.406. The standard InChI is InChI=1S/C32H38N2O2/c1-32(2,3)36-31(35)25-14-16-27(17-15-25)34(26-12-8-5-9-13-26)30-22-28-18-19-29(23-30)33(28)21-20-24-10-6-4-7-11-24/h4-17,28-30H,18-23H2,1-3H3/t28-,29+,30+. The summed E-state index contributed by atoms with van der Waals surface area (Å²) in [5.41, 5.74) is 3.87. The normalized spacial score (nSPS) is 21.8. The summed E-state index contributed by atoms with van der Waals surface area (Å²) in [5, 5.41) is 0. The largest absolute Gasteiger partial charge is 0.456 e. The molecule has 2 fully saturated rings. The maximum Gasteiger partial charge on any atom is 0.338 e. The molecule has 3 aromatic rings. The van der Waals surface area contributed by atoms with Crippen molar-refractivity contribution in [3.63, 3.8) is 0 Å². The van der Waals surface area contributed by atoms with E-state index in [9.17, 15) is 4.79 Å². The van der Waals surface area contributed by atoms with Crippen molar-refractivity contribution < 1.29 is 9.53 Å². The topological polar surface area (TPSA) is 32.8 Å². The number of carbonyl (C=O) groups excluding carboxylic acids is 1. The third-order valence-electron chi connectivity index (χ3n) is 7.54. The number of esters is 1. The van der Waals surface area contributed by atoms with Crippen molar-refractivity contribution in [1.82, 2.24) is 4.90 Å². The number of anilines is 2. The highest BCUT2D eigenvalue weighted by Gasteiger charge is 2.42. The van der Waals surface area contributed by atoms with Gasteiger partial charge in [0.2, 0.25) is 0 Å². The van der Waals surface area contributed by atoms with Crippen LogP contribution in [0.1, 0.15) is 62.4 Å². The van der Waals surface area contributed by atoms with Gasteiger partial charge in [0.1, 0.15) is 5.60 Å². The molecule has 2 bridgehead atoms. The molecule has 0 aliphatic carbocycles. The summed E-state index contributed by atoms with van der Waals surface area (Å²) in [6, 6.07) is 31.2. The van der Waals surface area contributed by atoms with Crippen molar-refractivity contribution in [2.24, 2.45) is 0 Å². The Morgan fingerprint density at radius 2 is 1.39 bits per heavy atom. The quantitative estimate of drug-likeness (QED) is 0.339. The van der Waals surface area contributed by atoms with Crippen molar-refractivity contribution in [3.8, 4) is 0 Å². The minimum atomic E-state index is -0.500. The summed E-state index contributed by atoms with van der Waals surface area (Å²) in [6.07, 6.45) is 6.02. The Bertz CT molecular complexity index is 1120. The van der Waals surface area contributed by atoms with Gasteiger partial charge < -0.3 is 9.64 Å². The zero-order valence-corrected chi connectivity index (χ0v) is 21.8. The molecule has 0 N–H and O–H groups in total. The van der Waals surface area contributed by atoms with Gasteiger partial charge in [-0.1, -0.05) is 48.5 Å². The molecule has 0 saturated carbocycles. The van der Waals surface area contributed by atoms with Crippen LogP contribution in [-0.2, 0) is 11.2 Å². The van der Waals surface area contributed by atoms with Crippen LogP contribution in [0, 0.1) is 0 Å². The molecule has 0 amide bonds. The first-order valence-corrected chi connectivity index (χ1v) is 13.3. The maximum atomic E-state index is 12.6. The van der Waals surface area contributed by atoms with E-state index in [1.54, 1.807) is 0 Å². The lowest BCUT2D eigenvalue weighted by Crippen LogP contribution is -2.50. The molecule has 2 saturated heterocycles. The van der Waals surface area contributed by atoms with Gasteiger partial charge in [0, 0.05) is 36.0 Å².